The molecule has 10 heteroatoms. The fourth-order valence-corrected chi connectivity index (χ4v) is 4.53. The van der Waals surface area contributed by atoms with Crippen molar-refractivity contribution in [2.24, 2.45) is 5.73 Å². The molecule has 0 radical (unpaired) electrons. The van der Waals surface area contributed by atoms with Crippen LogP contribution in [0, 0.1) is 5.41 Å². The quantitative estimate of drug-likeness (QED) is 0.365. The number of nitrogen functional groups attached to an aromatic ring is 1. The Bertz CT molecular complexity index is 745. The van der Waals surface area contributed by atoms with E-state index in [0.29, 0.717) is 9.38 Å². The molecule has 0 atom stereocenters. The van der Waals surface area contributed by atoms with Crippen LogP contribution < -0.4 is 11.5 Å². The Balaban J connectivity index is 3.45. The molecular formula is C12H15BrN4O2S3. The maximum Gasteiger partial charge on any atom is 0.208 e. The van der Waals surface area contributed by atoms with Crippen molar-refractivity contribution in [1.29, 1.82) is 5.41 Å². The first kappa shape index (κ1) is 19.1. The van der Waals surface area contributed by atoms with E-state index >= 15 is 0 Å². The number of nitrogens with two attached hydrogens (primary N) is 2. The fraction of sp³-hybridized carbons (Fsp3) is 0.167. The average molecular weight is 423 g/mol. The van der Waals surface area contributed by atoms with E-state index in [0.717, 1.165) is 0 Å². The number of rotatable bonds is 6. The second kappa shape index (κ2) is 8.04. The summed E-state index contributed by atoms with van der Waals surface area (Å²) in [4.78, 5) is 4.26. The Morgan fingerprint density at radius 3 is 2.55 bits per heavy atom. The fourth-order valence-electron chi connectivity index (χ4n) is 1.38. The summed E-state index contributed by atoms with van der Waals surface area (Å²) in [5.74, 6) is 0.0183. The number of thioether (sulfide) groups is 2. The van der Waals surface area contributed by atoms with Crippen LogP contribution in [0.25, 0.3) is 0 Å². The monoisotopic (exact) mass is 422 g/mol. The smallest absolute Gasteiger partial charge is 0.208 e. The third-order valence-electron chi connectivity index (χ3n) is 2.46. The summed E-state index contributed by atoms with van der Waals surface area (Å²) >= 11 is 5.61. The Morgan fingerprint density at radius 1 is 1.45 bits per heavy atom. The van der Waals surface area contributed by atoms with Crippen LogP contribution in [0.5, 0.6) is 0 Å². The van der Waals surface area contributed by atoms with Crippen molar-refractivity contribution >= 4 is 60.9 Å². The highest BCUT2D eigenvalue weighted by atomic mass is 79.9. The number of hydrogen-bond acceptors (Lipinski definition) is 7. The molecule has 120 valence electrons. The van der Waals surface area contributed by atoms with Crippen molar-refractivity contribution in [2.75, 3.05) is 18.2 Å². The number of anilines is 1. The highest BCUT2D eigenvalue weighted by Crippen LogP contribution is 2.28. The van der Waals surface area contributed by atoms with Gasteiger partial charge in [-0.2, -0.15) is 0 Å². The van der Waals surface area contributed by atoms with E-state index < -0.39 is 9.84 Å². The lowest BCUT2D eigenvalue weighted by molar-refractivity contribution is 0.602. The first-order valence-electron chi connectivity index (χ1n) is 5.73. The largest absolute Gasteiger partial charge is 0.383 e. The van der Waals surface area contributed by atoms with Gasteiger partial charge in [0.15, 0.2) is 0 Å². The molecule has 1 aromatic rings. The van der Waals surface area contributed by atoms with Gasteiger partial charge >= 0.3 is 0 Å². The van der Waals surface area contributed by atoms with Crippen molar-refractivity contribution in [3.8, 4) is 0 Å². The lowest BCUT2D eigenvalue weighted by Gasteiger charge is -2.08. The molecule has 0 saturated heterocycles. The van der Waals surface area contributed by atoms with Crippen molar-refractivity contribution in [3.05, 3.63) is 38.0 Å². The van der Waals surface area contributed by atoms with Gasteiger partial charge < -0.3 is 11.5 Å². The van der Waals surface area contributed by atoms with Gasteiger partial charge in [0.1, 0.15) is 11.7 Å². The lowest BCUT2D eigenvalue weighted by atomic mass is 10.4. The molecule has 0 saturated carbocycles. The maximum atomic E-state index is 12.7. The highest BCUT2D eigenvalue weighted by molar-refractivity contribution is 9.10. The number of nitrogens with zero attached hydrogens (tertiary/aromatic N) is 1. The number of allylic oxidation sites excluding steroid dienone is 1. The summed E-state index contributed by atoms with van der Waals surface area (Å²) in [5, 5.41) is 8.96. The van der Waals surface area contributed by atoms with Crippen LogP contribution in [0.3, 0.4) is 0 Å². The molecular weight excluding hydrogens is 408 g/mol. The predicted molar refractivity (Wildman–Crippen MR) is 98.6 cm³/mol. The topological polar surface area (TPSA) is 123 Å². The van der Waals surface area contributed by atoms with Gasteiger partial charge in [-0.05, 0) is 46.0 Å². The molecule has 1 heterocycles. The van der Waals surface area contributed by atoms with Crippen LogP contribution in [-0.4, -0.2) is 31.7 Å². The van der Waals surface area contributed by atoms with E-state index in [-0.39, 0.29) is 21.5 Å². The minimum Gasteiger partial charge on any atom is -0.383 e. The number of amidine groups is 1. The van der Waals surface area contributed by atoms with Crippen LogP contribution in [0.2, 0.25) is 0 Å². The minimum atomic E-state index is -3.79. The summed E-state index contributed by atoms with van der Waals surface area (Å²) in [7, 11) is -3.79. The summed E-state index contributed by atoms with van der Waals surface area (Å²) in [6, 6.07) is 1.40. The zero-order valence-corrected chi connectivity index (χ0v) is 15.9. The van der Waals surface area contributed by atoms with Gasteiger partial charge in [0, 0.05) is 11.1 Å². The minimum absolute atomic E-state index is 0.00845. The van der Waals surface area contributed by atoms with E-state index in [4.69, 9.17) is 16.9 Å². The Hall–Kier alpha value is -0.970. The zero-order valence-electron chi connectivity index (χ0n) is 11.8. The average Bonchev–Trinajstić information content (AvgIpc) is 2.45. The van der Waals surface area contributed by atoms with E-state index in [2.05, 4.69) is 20.9 Å². The van der Waals surface area contributed by atoms with Gasteiger partial charge in [-0.15, -0.1) is 23.5 Å². The molecule has 1 rings (SSSR count). The normalized spacial score (nSPS) is 13.2. The van der Waals surface area contributed by atoms with Crippen LogP contribution in [0.1, 0.15) is 0 Å². The van der Waals surface area contributed by atoms with E-state index in [1.807, 2.05) is 0 Å². The zero-order chi connectivity index (χ0) is 16.9. The maximum absolute atomic E-state index is 12.7. The van der Waals surface area contributed by atoms with Gasteiger partial charge in [0.25, 0.3) is 0 Å². The lowest BCUT2D eigenvalue weighted by Crippen LogP contribution is -2.12. The van der Waals surface area contributed by atoms with Gasteiger partial charge in [0.2, 0.25) is 9.84 Å². The highest BCUT2D eigenvalue weighted by Gasteiger charge is 2.21. The van der Waals surface area contributed by atoms with Crippen LogP contribution in [0.15, 0.2) is 42.9 Å². The Kier molecular flexibility index (Phi) is 6.98. The molecule has 0 unspecified atom stereocenters. The van der Waals surface area contributed by atoms with E-state index in [9.17, 15) is 8.42 Å². The third kappa shape index (κ3) is 4.51. The summed E-state index contributed by atoms with van der Waals surface area (Å²) < 4.78 is 25.8. The van der Waals surface area contributed by atoms with Crippen molar-refractivity contribution in [2.45, 2.75) is 4.90 Å². The van der Waals surface area contributed by atoms with Crippen molar-refractivity contribution in [1.82, 2.24) is 4.98 Å². The van der Waals surface area contributed by atoms with Gasteiger partial charge in [-0.1, -0.05) is 0 Å². The number of nitrogens with one attached hydrogen (secondary N) is 1. The number of halogens is 1. The Labute approximate surface area is 146 Å². The standard InChI is InChI=1S/C12H15BrN4O2S3/c1-20-6-8(4-10(21-2)11(14)15)22(18,19)7-3-9(13)12(16)17-5-7/h3-6H,1-2H3,(H3,14,15)(H2,16,17)/b8-6-,10-4-. The first-order valence-corrected chi connectivity index (χ1v) is 10.5. The molecule has 0 spiro atoms. The molecule has 0 bridgehead atoms. The molecule has 0 aromatic carbocycles. The summed E-state index contributed by atoms with van der Waals surface area (Å²) in [6.07, 6.45) is 6.04. The predicted octanol–water partition coefficient (Wildman–Crippen LogP) is 2.59. The van der Waals surface area contributed by atoms with E-state index in [1.165, 1.54) is 47.3 Å². The molecule has 22 heavy (non-hydrogen) atoms. The first-order chi connectivity index (χ1) is 10.2. The molecule has 0 fully saturated rings. The Morgan fingerprint density at radius 2 is 2.09 bits per heavy atom. The molecule has 1 aromatic heterocycles. The molecule has 0 aliphatic rings. The number of pyridine rings is 1. The van der Waals surface area contributed by atoms with Gasteiger partial charge in [-0.25, -0.2) is 13.4 Å². The SMILES string of the molecule is CS/C=C(/C=C(\SC)C(=N)N)S(=O)(=O)c1cnc(N)c(Br)c1. The van der Waals surface area contributed by atoms with Crippen molar-refractivity contribution in [3.63, 3.8) is 0 Å². The molecule has 5 N–H and O–H groups in total. The molecule has 6 nitrogen and oxygen atoms in total. The second-order valence-corrected chi connectivity index (χ2v) is 8.28. The summed E-state index contributed by atoms with van der Waals surface area (Å²) in [6.45, 7) is 0. The molecule has 0 amide bonds. The molecule has 0 aliphatic heterocycles. The summed E-state index contributed by atoms with van der Waals surface area (Å²) in [5.41, 5.74) is 11.0. The van der Waals surface area contributed by atoms with Crippen molar-refractivity contribution < 1.29 is 8.42 Å². The van der Waals surface area contributed by atoms with E-state index in [1.54, 1.807) is 12.5 Å². The van der Waals surface area contributed by atoms with Crippen LogP contribution in [0.4, 0.5) is 5.82 Å². The number of hydrogen-bond donors (Lipinski definition) is 3. The van der Waals surface area contributed by atoms with Crippen LogP contribution in [-0.2, 0) is 9.84 Å². The number of aromatic nitrogens is 1. The van der Waals surface area contributed by atoms with Crippen LogP contribution >= 0.6 is 39.5 Å². The van der Waals surface area contributed by atoms with Gasteiger partial charge in [-0.3, -0.25) is 5.41 Å². The second-order valence-electron chi connectivity index (χ2n) is 3.92. The van der Waals surface area contributed by atoms with Gasteiger partial charge in [0.05, 0.1) is 14.3 Å². The third-order valence-corrected chi connectivity index (χ3v) is 6.21. The molecule has 0 aliphatic carbocycles. The number of sulfone groups is 1.